The predicted octanol–water partition coefficient (Wildman–Crippen LogP) is 2.39. The van der Waals surface area contributed by atoms with Gasteiger partial charge < -0.3 is 0 Å². The van der Waals surface area contributed by atoms with Crippen LogP contribution in [-0.2, 0) is 4.89 Å². The number of hydrogen-bond donors (Lipinski definition) is 1. The lowest BCUT2D eigenvalue weighted by molar-refractivity contribution is -0.254. The molecule has 0 bridgehead atoms. The summed E-state index contributed by atoms with van der Waals surface area (Å²) in [5.74, 6) is 0. The molecule has 0 fully saturated rings. The summed E-state index contributed by atoms with van der Waals surface area (Å²) in [6, 6.07) is 0. The molecule has 0 saturated carbocycles. The van der Waals surface area contributed by atoms with E-state index in [1.807, 2.05) is 26.0 Å². The van der Waals surface area contributed by atoms with Crippen LogP contribution in [0.3, 0.4) is 0 Å². The summed E-state index contributed by atoms with van der Waals surface area (Å²) < 4.78 is 0. The first-order valence-corrected chi connectivity index (χ1v) is 3.44. The van der Waals surface area contributed by atoms with Crippen molar-refractivity contribution in [3.05, 3.63) is 24.3 Å². The topological polar surface area (TPSA) is 29.5 Å². The number of hydrogen-bond acceptors (Lipinski definition) is 2. The van der Waals surface area contributed by atoms with Crippen LogP contribution in [0.5, 0.6) is 0 Å². The molecule has 2 nitrogen and oxygen atoms in total. The lowest BCUT2D eigenvalue weighted by atomic mass is 10.3. The molecule has 0 radical (unpaired) electrons. The van der Waals surface area contributed by atoms with Crippen molar-refractivity contribution in [2.75, 3.05) is 0 Å². The van der Waals surface area contributed by atoms with Gasteiger partial charge in [-0.05, 0) is 13.3 Å². The number of allylic oxidation sites excluding steroid dienone is 2. The van der Waals surface area contributed by atoms with E-state index in [4.69, 9.17) is 5.26 Å². The van der Waals surface area contributed by atoms with Crippen LogP contribution < -0.4 is 0 Å². The molecule has 0 aromatic rings. The predicted molar refractivity (Wildman–Crippen MR) is 41.7 cm³/mol. The fraction of sp³-hybridized carbons (Fsp3) is 0.500. The van der Waals surface area contributed by atoms with Gasteiger partial charge >= 0.3 is 0 Å². The fourth-order valence-electron chi connectivity index (χ4n) is 0.594. The second-order valence-electron chi connectivity index (χ2n) is 1.93. The molecule has 58 valence electrons. The smallest absolute Gasteiger partial charge is 0.129 e. The van der Waals surface area contributed by atoms with Gasteiger partial charge in [0.15, 0.2) is 0 Å². The van der Waals surface area contributed by atoms with Gasteiger partial charge in [-0.3, -0.25) is 5.26 Å². The highest BCUT2D eigenvalue weighted by Crippen LogP contribution is 1.95. The SMILES string of the molecule is C/C=C/C(/C=C/CC)OO. The fourth-order valence-corrected chi connectivity index (χ4v) is 0.594. The van der Waals surface area contributed by atoms with E-state index in [0.717, 1.165) is 6.42 Å². The summed E-state index contributed by atoms with van der Waals surface area (Å²) in [4.78, 5) is 4.12. The zero-order valence-electron chi connectivity index (χ0n) is 6.45. The van der Waals surface area contributed by atoms with Crippen LogP contribution >= 0.6 is 0 Å². The van der Waals surface area contributed by atoms with Crippen LogP contribution in [-0.4, -0.2) is 11.4 Å². The molecular formula is C8H14O2. The van der Waals surface area contributed by atoms with Crippen molar-refractivity contribution < 1.29 is 10.1 Å². The molecule has 2 heteroatoms. The van der Waals surface area contributed by atoms with Crippen molar-refractivity contribution in [3.63, 3.8) is 0 Å². The lowest BCUT2D eigenvalue weighted by Gasteiger charge is -1.99. The standard InChI is InChI=1S/C8H14O2/c1-3-5-7-8(10-9)6-4-2/h4-9H,3H2,1-2H3/b6-4+,7-5+. The van der Waals surface area contributed by atoms with Crippen LogP contribution in [0.4, 0.5) is 0 Å². The maximum absolute atomic E-state index is 8.28. The molecule has 0 rings (SSSR count). The molecule has 0 amide bonds. The third kappa shape index (κ3) is 4.30. The van der Waals surface area contributed by atoms with Crippen LogP contribution in [0, 0.1) is 0 Å². The largest absolute Gasteiger partial charge is 0.251 e. The van der Waals surface area contributed by atoms with Gasteiger partial charge in [0.05, 0.1) is 0 Å². The van der Waals surface area contributed by atoms with Gasteiger partial charge in [0.1, 0.15) is 6.10 Å². The highest BCUT2D eigenvalue weighted by atomic mass is 17.1. The van der Waals surface area contributed by atoms with Crippen LogP contribution in [0.25, 0.3) is 0 Å². The first kappa shape index (κ1) is 9.40. The van der Waals surface area contributed by atoms with Crippen molar-refractivity contribution in [1.29, 1.82) is 0 Å². The van der Waals surface area contributed by atoms with Crippen LogP contribution in [0.1, 0.15) is 20.3 Å². The normalized spacial score (nSPS) is 15.1. The second kappa shape index (κ2) is 6.52. The van der Waals surface area contributed by atoms with Gasteiger partial charge in [-0.15, -0.1) is 0 Å². The Bertz CT molecular complexity index is 116. The molecule has 0 aromatic heterocycles. The molecule has 1 N–H and O–H groups in total. The van der Waals surface area contributed by atoms with Gasteiger partial charge in [0.25, 0.3) is 0 Å². The Hall–Kier alpha value is -0.600. The minimum absolute atomic E-state index is 0.287. The van der Waals surface area contributed by atoms with E-state index < -0.39 is 0 Å². The van der Waals surface area contributed by atoms with Crippen LogP contribution in [0.2, 0.25) is 0 Å². The Morgan fingerprint density at radius 3 is 2.60 bits per heavy atom. The zero-order chi connectivity index (χ0) is 7.82. The van der Waals surface area contributed by atoms with Crippen LogP contribution in [0.15, 0.2) is 24.3 Å². The highest BCUT2D eigenvalue weighted by molar-refractivity contribution is 5.00. The average molecular weight is 142 g/mol. The maximum Gasteiger partial charge on any atom is 0.129 e. The molecule has 0 aromatic carbocycles. The first-order valence-electron chi connectivity index (χ1n) is 3.44. The minimum Gasteiger partial charge on any atom is -0.251 e. The Kier molecular flexibility index (Phi) is 6.13. The van der Waals surface area contributed by atoms with Crippen molar-refractivity contribution in [1.82, 2.24) is 0 Å². The molecule has 10 heavy (non-hydrogen) atoms. The van der Waals surface area contributed by atoms with E-state index in [1.54, 1.807) is 12.2 Å². The molecule has 0 heterocycles. The lowest BCUT2D eigenvalue weighted by Crippen LogP contribution is -2.01. The first-order chi connectivity index (χ1) is 4.85. The second-order valence-corrected chi connectivity index (χ2v) is 1.93. The van der Waals surface area contributed by atoms with Gasteiger partial charge in [0, 0.05) is 0 Å². The molecule has 0 aliphatic rings. The maximum atomic E-state index is 8.28. The van der Waals surface area contributed by atoms with Crippen molar-refractivity contribution in [2.24, 2.45) is 0 Å². The van der Waals surface area contributed by atoms with Gasteiger partial charge in [-0.1, -0.05) is 31.2 Å². The summed E-state index contributed by atoms with van der Waals surface area (Å²) in [6.45, 7) is 3.91. The van der Waals surface area contributed by atoms with Gasteiger partial charge in [-0.2, -0.15) is 0 Å². The van der Waals surface area contributed by atoms with E-state index in [0.29, 0.717) is 0 Å². The third-order valence-corrected chi connectivity index (χ3v) is 1.07. The highest BCUT2D eigenvalue weighted by Gasteiger charge is 1.94. The summed E-state index contributed by atoms with van der Waals surface area (Å²) in [7, 11) is 0. The minimum atomic E-state index is -0.287. The van der Waals surface area contributed by atoms with E-state index in [9.17, 15) is 0 Å². The zero-order valence-corrected chi connectivity index (χ0v) is 6.45. The Morgan fingerprint density at radius 2 is 2.20 bits per heavy atom. The third-order valence-electron chi connectivity index (χ3n) is 1.07. The summed E-state index contributed by atoms with van der Waals surface area (Å²) in [5.41, 5.74) is 0. The summed E-state index contributed by atoms with van der Waals surface area (Å²) >= 11 is 0. The van der Waals surface area contributed by atoms with E-state index in [2.05, 4.69) is 4.89 Å². The molecule has 1 atom stereocenters. The summed E-state index contributed by atoms with van der Waals surface area (Å²) in [5, 5.41) is 8.28. The van der Waals surface area contributed by atoms with E-state index >= 15 is 0 Å². The molecule has 0 aliphatic carbocycles. The summed E-state index contributed by atoms with van der Waals surface area (Å²) in [6.07, 6.45) is 8.02. The molecule has 1 unspecified atom stereocenters. The molecular weight excluding hydrogens is 128 g/mol. The van der Waals surface area contributed by atoms with Crippen molar-refractivity contribution in [3.8, 4) is 0 Å². The van der Waals surface area contributed by atoms with E-state index in [1.165, 1.54) is 0 Å². The molecule has 0 saturated heterocycles. The van der Waals surface area contributed by atoms with Crippen molar-refractivity contribution >= 4 is 0 Å². The molecule has 0 spiro atoms. The van der Waals surface area contributed by atoms with Crippen molar-refractivity contribution in [2.45, 2.75) is 26.4 Å². The van der Waals surface area contributed by atoms with Gasteiger partial charge in [-0.25, -0.2) is 4.89 Å². The Morgan fingerprint density at radius 1 is 1.50 bits per heavy atom. The quantitative estimate of drug-likeness (QED) is 0.371. The molecule has 0 aliphatic heterocycles. The number of rotatable bonds is 4. The van der Waals surface area contributed by atoms with E-state index in [-0.39, 0.29) is 6.10 Å². The Labute approximate surface area is 61.8 Å². The van der Waals surface area contributed by atoms with Gasteiger partial charge in [0.2, 0.25) is 0 Å². The monoisotopic (exact) mass is 142 g/mol. The average Bonchev–Trinajstić information content (AvgIpc) is 1.98. The Balaban J connectivity index is 3.70.